The van der Waals surface area contributed by atoms with Crippen LogP contribution in [0.25, 0.3) is 0 Å². The van der Waals surface area contributed by atoms with Gasteiger partial charge in [-0.05, 0) is 6.08 Å². The molecule has 0 heterocycles. The zero-order valence-electron chi connectivity index (χ0n) is 6.98. The number of carboxylic acid groups (broad SMARTS) is 1. The fraction of sp³-hybridized carbons (Fsp3) is 0. The van der Waals surface area contributed by atoms with Gasteiger partial charge in [0.2, 0.25) is 0 Å². The van der Waals surface area contributed by atoms with Gasteiger partial charge in [-0.25, -0.2) is 9.59 Å². The van der Waals surface area contributed by atoms with E-state index in [1.54, 1.807) is 0 Å². The van der Waals surface area contributed by atoms with Gasteiger partial charge in [-0.3, -0.25) is 0 Å². The number of ether oxygens (including phenoxy) is 1. The van der Waals surface area contributed by atoms with Gasteiger partial charge in [0, 0.05) is 12.2 Å². The summed E-state index contributed by atoms with van der Waals surface area (Å²) in [7, 11) is 0. The summed E-state index contributed by atoms with van der Waals surface area (Å²) in [5.74, 6) is -3.56. The smallest absolute Gasteiger partial charge is 0.545 e. The standard InChI is InChI=1S/C7H6O5.Na/c1-2-6(10)12-7(11)4-3-5(8)9;/h2-4H,1H2,(H,8,9);/q;+1/p-1/b4-3-;. The number of carbonyl (C=O) groups is 3. The van der Waals surface area contributed by atoms with Crippen molar-refractivity contribution in [2.45, 2.75) is 0 Å². The van der Waals surface area contributed by atoms with Crippen LogP contribution in [-0.4, -0.2) is 17.9 Å². The van der Waals surface area contributed by atoms with Crippen LogP contribution in [0, 0.1) is 0 Å². The molecule has 0 rings (SSSR count). The Morgan fingerprint density at radius 2 is 1.69 bits per heavy atom. The molecule has 0 atom stereocenters. The molecule has 0 aliphatic heterocycles. The molecule has 0 aromatic heterocycles. The average Bonchev–Trinajstić information content (AvgIpc) is 2.00. The average molecular weight is 192 g/mol. The van der Waals surface area contributed by atoms with Crippen LogP contribution in [0.2, 0.25) is 0 Å². The van der Waals surface area contributed by atoms with Crippen LogP contribution in [-0.2, 0) is 19.1 Å². The van der Waals surface area contributed by atoms with E-state index in [0.29, 0.717) is 12.2 Å². The monoisotopic (exact) mass is 192 g/mol. The molecule has 0 fully saturated rings. The minimum atomic E-state index is -1.54. The summed E-state index contributed by atoms with van der Waals surface area (Å²) in [4.78, 5) is 30.5. The van der Waals surface area contributed by atoms with E-state index in [9.17, 15) is 19.5 Å². The molecule has 0 radical (unpaired) electrons. The van der Waals surface area contributed by atoms with Crippen LogP contribution in [0.4, 0.5) is 0 Å². The topological polar surface area (TPSA) is 83.5 Å². The third kappa shape index (κ3) is 9.00. The molecule has 0 saturated heterocycles. The molecule has 0 aliphatic carbocycles. The number of rotatable bonds is 3. The summed E-state index contributed by atoms with van der Waals surface area (Å²) in [6, 6.07) is 0. The number of esters is 2. The largest absolute Gasteiger partial charge is 1.00 e. The van der Waals surface area contributed by atoms with Crippen molar-refractivity contribution in [1.82, 2.24) is 0 Å². The first kappa shape index (κ1) is 14.6. The van der Waals surface area contributed by atoms with Gasteiger partial charge < -0.3 is 14.6 Å². The maximum atomic E-state index is 10.4. The van der Waals surface area contributed by atoms with E-state index in [-0.39, 0.29) is 29.6 Å². The molecule has 0 N–H and O–H groups in total. The summed E-state index contributed by atoms with van der Waals surface area (Å²) >= 11 is 0. The molecular weight excluding hydrogens is 187 g/mol. The molecule has 0 aromatic carbocycles. The van der Waals surface area contributed by atoms with Crippen molar-refractivity contribution in [2.24, 2.45) is 0 Å². The van der Waals surface area contributed by atoms with E-state index in [0.717, 1.165) is 6.08 Å². The second-order valence-electron chi connectivity index (χ2n) is 1.60. The first-order valence-corrected chi connectivity index (χ1v) is 2.83. The molecule has 0 amide bonds. The van der Waals surface area contributed by atoms with Crippen LogP contribution in [0.15, 0.2) is 24.8 Å². The molecule has 0 bridgehead atoms. The van der Waals surface area contributed by atoms with Crippen molar-refractivity contribution >= 4 is 17.9 Å². The van der Waals surface area contributed by atoms with Crippen LogP contribution < -0.4 is 34.7 Å². The predicted octanol–water partition coefficient (Wildman–Crippen LogP) is -4.45. The quantitative estimate of drug-likeness (QED) is 0.195. The fourth-order valence-electron chi connectivity index (χ4n) is 0.311. The molecule has 0 aromatic rings. The van der Waals surface area contributed by atoms with E-state index in [1.807, 2.05) is 0 Å². The molecule has 64 valence electrons. The van der Waals surface area contributed by atoms with Crippen molar-refractivity contribution in [3.05, 3.63) is 24.8 Å². The summed E-state index contributed by atoms with van der Waals surface area (Å²) in [6.07, 6.45) is 1.81. The Labute approximate surface area is 96.4 Å². The van der Waals surface area contributed by atoms with Crippen molar-refractivity contribution in [3.8, 4) is 0 Å². The van der Waals surface area contributed by atoms with Gasteiger partial charge in [0.1, 0.15) is 0 Å². The number of hydrogen-bond donors (Lipinski definition) is 0. The third-order valence-electron chi connectivity index (χ3n) is 0.723. The molecule has 5 nitrogen and oxygen atoms in total. The van der Waals surface area contributed by atoms with Crippen LogP contribution in [0.3, 0.4) is 0 Å². The van der Waals surface area contributed by atoms with Crippen LogP contribution in [0.5, 0.6) is 0 Å². The summed E-state index contributed by atoms with van der Waals surface area (Å²) in [5.41, 5.74) is 0. The number of hydrogen-bond acceptors (Lipinski definition) is 5. The third-order valence-corrected chi connectivity index (χ3v) is 0.723. The molecule has 0 spiro atoms. The number of aliphatic carboxylic acids is 1. The van der Waals surface area contributed by atoms with E-state index >= 15 is 0 Å². The van der Waals surface area contributed by atoms with Crippen molar-refractivity contribution < 1.29 is 53.8 Å². The molecule has 0 aliphatic rings. The fourth-order valence-corrected chi connectivity index (χ4v) is 0.311. The SMILES string of the molecule is C=CC(=O)OC(=O)/C=C\C(=O)[O-].[Na+]. The maximum Gasteiger partial charge on any atom is 1.00 e. The Hall–Kier alpha value is -0.910. The summed E-state index contributed by atoms with van der Waals surface area (Å²) in [5, 5.41) is 9.75. The van der Waals surface area contributed by atoms with E-state index in [2.05, 4.69) is 11.3 Å². The Kier molecular flexibility index (Phi) is 8.68. The molecule has 13 heavy (non-hydrogen) atoms. The van der Waals surface area contributed by atoms with E-state index in [1.165, 1.54) is 0 Å². The van der Waals surface area contributed by atoms with Gasteiger partial charge in [0.15, 0.2) is 0 Å². The zero-order chi connectivity index (χ0) is 9.56. The van der Waals surface area contributed by atoms with Crippen LogP contribution >= 0.6 is 0 Å². The Morgan fingerprint density at radius 3 is 2.08 bits per heavy atom. The first-order valence-electron chi connectivity index (χ1n) is 2.83. The number of carboxylic acids is 1. The zero-order valence-corrected chi connectivity index (χ0v) is 8.98. The molecule has 0 saturated carbocycles. The van der Waals surface area contributed by atoms with Gasteiger partial charge in [0.05, 0.1) is 5.97 Å². The van der Waals surface area contributed by atoms with Crippen molar-refractivity contribution in [3.63, 3.8) is 0 Å². The second-order valence-corrected chi connectivity index (χ2v) is 1.60. The first-order chi connectivity index (χ1) is 5.56. The minimum Gasteiger partial charge on any atom is -0.545 e. The van der Waals surface area contributed by atoms with E-state index in [4.69, 9.17) is 0 Å². The van der Waals surface area contributed by atoms with Gasteiger partial charge in [-0.2, -0.15) is 0 Å². The van der Waals surface area contributed by atoms with E-state index < -0.39 is 17.9 Å². The van der Waals surface area contributed by atoms with Gasteiger partial charge >= 0.3 is 41.5 Å². The molecular formula is C7H5NaO5. The predicted molar refractivity (Wildman–Crippen MR) is 35.4 cm³/mol. The Balaban J connectivity index is 0. The van der Waals surface area contributed by atoms with Gasteiger partial charge in [0.25, 0.3) is 0 Å². The maximum absolute atomic E-state index is 10.4. The Bertz CT molecular complexity index is 256. The minimum absolute atomic E-state index is 0. The molecule has 0 unspecified atom stereocenters. The number of carbonyl (C=O) groups excluding carboxylic acids is 3. The van der Waals surface area contributed by atoms with Crippen LogP contribution in [0.1, 0.15) is 0 Å². The van der Waals surface area contributed by atoms with Crippen molar-refractivity contribution in [1.29, 1.82) is 0 Å². The van der Waals surface area contributed by atoms with Crippen molar-refractivity contribution in [2.75, 3.05) is 0 Å². The van der Waals surface area contributed by atoms with Gasteiger partial charge in [-0.1, -0.05) is 6.58 Å². The van der Waals surface area contributed by atoms with Gasteiger partial charge in [-0.15, -0.1) is 0 Å². The Morgan fingerprint density at radius 1 is 1.15 bits per heavy atom. The summed E-state index contributed by atoms with van der Waals surface area (Å²) in [6.45, 7) is 3.03. The molecule has 6 heteroatoms. The second kappa shape index (κ2) is 7.72. The normalized spacial score (nSPS) is 8.62. The summed E-state index contributed by atoms with van der Waals surface area (Å²) < 4.78 is 3.98.